The summed E-state index contributed by atoms with van der Waals surface area (Å²) in [6.07, 6.45) is -0.0638. The second-order valence-electron chi connectivity index (χ2n) is 3.71. The lowest BCUT2D eigenvalue weighted by Crippen LogP contribution is -2.19. The molecule has 0 spiro atoms. The summed E-state index contributed by atoms with van der Waals surface area (Å²) < 4.78 is 10.1. The van der Waals surface area contributed by atoms with Crippen molar-refractivity contribution < 1.29 is 19.1 Å². The third-order valence-electron chi connectivity index (χ3n) is 1.96. The molecule has 1 aromatic carbocycles. The van der Waals surface area contributed by atoms with E-state index in [1.165, 1.54) is 0 Å². The number of hydrogen-bond donors (Lipinski definition) is 0. The van der Waals surface area contributed by atoms with Gasteiger partial charge in [0.2, 0.25) is 0 Å². The molecule has 92 valence electrons. The third kappa shape index (κ3) is 3.59. The molecular weight excluding hydrogens is 220 g/mol. The number of rotatable bonds is 5. The van der Waals surface area contributed by atoms with Crippen LogP contribution in [0, 0.1) is 0 Å². The molecule has 0 radical (unpaired) electrons. The van der Waals surface area contributed by atoms with Gasteiger partial charge in [-0.2, -0.15) is 0 Å². The summed E-state index contributed by atoms with van der Waals surface area (Å²) in [6, 6.07) is 6.64. The van der Waals surface area contributed by atoms with Gasteiger partial charge in [-0.3, -0.25) is 4.79 Å². The maximum atomic E-state index is 11.8. The SMILES string of the molecule is CCOC(=O)C(=O)c1ccccc1OC(C)C. The first kappa shape index (κ1) is 13.2. The van der Waals surface area contributed by atoms with Crippen molar-refractivity contribution in [1.82, 2.24) is 0 Å². The van der Waals surface area contributed by atoms with Gasteiger partial charge in [0.15, 0.2) is 0 Å². The van der Waals surface area contributed by atoms with E-state index in [0.717, 1.165) is 0 Å². The Morgan fingerprint density at radius 2 is 1.88 bits per heavy atom. The van der Waals surface area contributed by atoms with E-state index >= 15 is 0 Å². The number of ether oxygens (including phenoxy) is 2. The Labute approximate surface area is 101 Å². The summed E-state index contributed by atoms with van der Waals surface area (Å²) in [6.45, 7) is 5.54. The molecule has 0 aromatic heterocycles. The molecule has 0 bridgehead atoms. The van der Waals surface area contributed by atoms with Crippen LogP contribution in [0.3, 0.4) is 0 Å². The van der Waals surface area contributed by atoms with Crippen molar-refractivity contribution in [2.75, 3.05) is 6.61 Å². The fourth-order valence-electron chi connectivity index (χ4n) is 1.32. The van der Waals surface area contributed by atoms with E-state index in [2.05, 4.69) is 4.74 Å². The van der Waals surface area contributed by atoms with Crippen molar-refractivity contribution in [1.29, 1.82) is 0 Å². The fraction of sp³-hybridized carbons (Fsp3) is 0.385. The number of para-hydroxylation sites is 1. The first-order chi connectivity index (χ1) is 8.06. The highest BCUT2D eigenvalue weighted by atomic mass is 16.5. The topological polar surface area (TPSA) is 52.6 Å². The van der Waals surface area contributed by atoms with E-state index in [1.807, 2.05) is 13.8 Å². The molecule has 0 N–H and O–H groups in total. The van der Waals surface area contributed by atoms with Crippen LogP contribution in [0.1, 0.15) is 31.1 Å². The van der Waals surface area contributed by atoms with Crippen molar-refractivity contribution >= 4 is 11.8 Å². The van der Waals surface area contributed by atoms with E-state index in [-0.39, 0.29) is 18.3 Å². The molecule has 1 aromatic rings. The van der Waals surface area contributed by atoms with Gasteiger partial charge in [0.1, 0.15) is 5.75 Å². The van der Waals surface area contributed by atoms with Gasteiger partial charge in [0.25, 0.3) is 5.78 Å². The molecular formula is C13H16O4. The highest BCUT2D eigenvalue weighted by Crippen LogP contribution is 2.20. The van der Waals surface area contributed by atoms with Gasteiger partial charge in [-0.1, -0.05) is 12.1 Å². The van der Waals surface area contributed by atoms with E-state index in [4.69, 9.17) is 4.74 Å². The fourth-order valence-corrected chi connectivity index (χ4v) is 1.32. The third-order valence-corrected chi connectivity index (χ3v) is 1.96. The Bertz CT molecular complexity index is 410. The first-order valence-electron chi connectivity index (χ1n) is 5.53. The molecule has 0 saturated carbocycles. The Morgan fingerprint density at radius 3 is 2.47 bits per heavy atom. The average molecular weight is 236 g/mol. The average Bonchev–Trinajstić information content (AvgIpc) is 2.28. The van der Waals surface area contributed by atoms with E-state index < -0.39 is 11.8 Å². The van der Waals surface area contributed by atoms with Gasteiger partial charge in [-0.05, 0) is 32.9 Å². The van der Waals surface area contributed by atoms with Crippen LogP contribution in [0.15, 0.2) is 24.3 Å². The molecule has 0 unspecified atom stereocenters. The minimum absolute atomic E-state index is 0.0638. The zero-order valence-corrected chi connectivity index (χ0v) is 10.2. The van der Waals surface area contributed by atoms with Crippen LogP contribution in [0.2, 0.25) is 0 Å². The summed E-state index contributed by atoms with van der Waals surface area (Å²) >= 11 is 0. The Kier molecular flexibility index (Phi) is 4.69. The molecule has 0 amide bonds. The summed E-state index contributed by atoms with van der Waals surface area (Å²) in [5.41, 5.74) is 0.236. The van der Waals surface area contributed by atoms with Crippen LogP contribution < -0.4 is 4.74 Å². The van der Waals surface area contributed by atoms with Crippen LogP contribution in [0.4, 0.5) is 0 Å². The predicted octanol–water partition coefficient (Wildman–Crippen LogP) is 2.22. The van der Waals surface area contributed by atoms with E-state index in [1.54, 1.807) is 31.2 Å². The molecule has 0 aliphatic rings. The Balaban J connectivity index is 2.96. The monoisotopic (exact) mass is 236 g/mol. The molecule has 0 aliphatic carbocycles. The lowest BCUT2D eigenvalue weighted by atomic mass is 10.1. The van der Waals surface area contributed by atoms with Crippen LogP contribution in [-0.4, -0.2) is 24.5 Å². The maximum Gasteiger partial charge on any atom is 0.379 e. The second kappa shape index (κ2) is 6.03. The molecule has 0 aliphatic heterocycles. The molecule has 0 atom stereocenters. The summed E-state index contributed by atoms with van der Waals surface area (Å²) in [5.74, 6) is -1.13. The van der Waals surface area contributed by atoms with Crippen molar-refractivity contribution in [3.05, 3.63) is 29.8 Å². The highest BCUT2D eigenvalue weighted by molar-refractivity contribution is 6.41. The van der Waals surface area contributed by atoms with Gasteiger partial charge in [0, 0.05) is 0 Å². The maximum absolute atomic E-state index is 11.8. The standard InChI is InChI=1S/C13H16O4/c1-4-16-13(15)12(14)10-7-5-6-8-11(10)17-9(2)3/h5-9H,4H2,1-3H3. The van der Waals surface area contributed by atoms with Crippen LogP contribution >= 0.6 is 0 Å². The lowest BCUT2D eigenvalue weighted by molar-refractivity contribution is -0.137. The second-order valence-corrected chi connectivity index (χ2v) is 3.71. The van der Waals surface area contributed by atoms with Crippen molar-refractivity contribution in [2.24, 2.45) is 0 Å². The molecule has 17 heavy (non-hydrogen) atoms. The molecule has 1 rings (SSSR count). The van der Waals surface area contributed by atoms with Crippen LogP contribution in [0.25, 0.3) is 0 Å². The number of esters is 1. The van der Waals surface area contributed by atoms with Gasteiger partial charge in [-0.15, -0.1) is 0 Å². The van der Waals surface area contributed by atoms with Gasteiger partial charge in [0.05, 0.1) is 18.3 Å². The quantitative estimate of drug-likeness (QED) is 0.447. The van der Waals surface area contributed by atoms with Gasteiger partial charge in [-0.25, -0.2) is 4.79 Å². The minimum atomic E-state index is -0.854. The molecule has 0 fully saturated rings. The smallest absolute Gasteiger partial charge is 0.379 e. The Morgan fingerprint density at radius 1 is 1.24 bits per heavy atom. The van der Waals surface area contributed by atoms with Gasteiger partial charge >= 0.3 is 5.97 Å². The molecule has 4 heteroatoms. The zero-order valence-electron chi connectivity index (χ0n) is 10.2. The molecule has 0 heterocycles. The minimum Gasteiger partial charge on any atom is -0.490 e. The van der Waals surface area contributed by atoms with Crippen LogP contribution in [0.5, 0.6) is 5.75 Å². The summed E-state index contributed by atoms with van der Waals surface area (Å²) in [5, 5.41) is 0. The predicted molar refractivity (Wildman–Crippen MR) is 63.2 cm³/mol. The van der Waals surface area contributed by atoms with Crippen molar-refractivity contribution in [2.45, 2.75) is 26.9 Å². The number of Topliss-reactive ketones (excluding diaryl/α,β-unsaturated/α-hetero) is 1. The summed E-state index contributed by atoms with van der Waals surface area (Å²) in [4.78, 5) is 23.1. The van der Waals surface area contributed by atoms with E-state index in [9.17, 15) is 9.59 Å². The van der Waals surface area contributed by atoms with Gasteiger partial charge < -0.3 is 9.47 Å². The zero-order chi connectivity index (χ0) is 12.8. The summed E-state index contributed by atoms with van der Waals surface area (Å²) in [7, 11) is 0. The lowest BCUT2D eigenvalue weighted by Gasteiger charge is -2.12. The number of carbonyl (C=O) groups excluding carboxylic acids is 2. The van der Waals surface area contributed by atoms with E-state index in [0.29, 0.717) is 5.75 Å². The molecule has 0 saturated heterocycles. The normalized spacial score (nSPS) is 10.1. The Hall–Kier alpha value is -1.84. The number of hydrogen-bond acceptors (Lipinski definition) is 4. The first-order valence-corrected chi connectivity index (χ1v) is 5.53. The number of ketones is 1. The highest BCUT2D eigenvalue weighted by Gasteiger charge is 2.21. The number of carbonyl (C=O) groups is 2. The number of benzene rings is 1. The van der Waals surface area contributed by atoms with Crippen LogP contribution in [-0.2, 0) is 9.53 Å². The van der Waals surface area contributed by atoms with Crippen molar-refractivity contribution in [3.8, 4) is 5.75 Å². The largest absolute Gasteiger partial charge is 0.490 e. The molecule has 4 nitrogen and oxygen atoms in total. The van der Waals surface area contributed by atoms with Crippen molar-refractivity contribution in [3.63, 3.8) is 0 Å².